The van der Waals surface area contributed by atoms with Crippen molar-refractivity contribution in [1.29, 1.82) is 0 Å². The Hall–Kier alpha value is -0.360. The molecule has 2 N–H and O–H groups in total. The first-order chi connectivity index (χ1) is 5.79. The highest BCUT2D eigenvalue weighted by Gasteiger charge is 2.06. The van der Waals surface area contributed by atoms with Crippen molar-refractivity contribution in [3.63, 3.8) is 0 Å². The minimum atomic E-state index is 0.120. The van der Waals surface area contributed by atoms with E-state index in [1.807, 2.05) is 0 Å². The van der Waals surface area contributed by atoms with Crippen LogP contribution < -0.4 is 10.6 Å². The number of rotatable bonds is 0. The molecule has 12 heavy (non-hydrogen) atoms. The zero-order valence-corrected chi connectivity index (χ0v) is 8.09. The Kier molecular flexibility index (Phi) is 4.31. The summed E-state index contributed by atoms with van der Waals surface area (Å²) in [7, 11) is 0. The van der Waals surface area contributed by atoms with Gasteiger partial charge < -0.3 is 10.6 Å². The smallest absolute Gasteiger partial charge is 0.279 e. The number of amides is 2. The van der Waals surface area contributed by atoms with Gasteiger partial charge in [-0.2, -0.15) is 0 Å². The van der Waals surface area contributed by atoms with E-state index in [-0.39, 0.29) is 10.5 Å². The number of thioether (sulfide) groups is 2. The number of carbonyl (C=O) groups excluding carboxylic acids is 2. The third-order valence-electron chi connectivity index (χ3n) is 1.21. The molecule has 4 nitrogen and oxygen atoms in total. The summed E-state index contributed by atoms with van der Waals surface area (Å²) in [6, 6.07) is 0. The van der Waals surface area contributed by atoms with Crippen molar-refractivity contribution < 1.29 is 9.59 Å². The topological polar surface area (TPSA) is 58.2 Å². The van der Waals surface area contributed by atoms with Crippen molar-refractivity contribution in [2.24, 2.45) is 0 Å². The van der Waals surface area contributed by atoms with Gasteiger partial charge in [-0.1, -0.05) is 23.5 Å². The summed E-state index contributed by atoms with van der Waals surface area (Å²) in [5.74, 6) is 1.89. The predicted octanol–water partition coefficient (Wildman–Crippen LogP) is 0.886. The molecule has 2 aliphatic heterocycles. The third kappa shape index (κ3) is 3.87. The van der Waals surface area contributed by atoms with Crippen LogP contribution in [0.25, 0.3) is 0 Å². The maximum Gasteiger partial charge on any atom is 0.279 e. The molecule has 68 valence electrons. The fourth-order valence-corrected chi connectivity index (χ4v) is 1.88. The zero-order chi connectivity index (χ0) is 8.81. The molecule has 2 aliphatic rings. The molecule has 2 rings (SSSR count). The Bertz CT molecular complexity index is 150. The first-order valence-corrected chi connectivity index (χ1v) is 5.57. The molecule has 2 fully saturated rings. The van der Waals surface area contributed by atoms with E-state index in [2.05, 4.69) is 10.6 Å². The summed E-state index contributed by atoms with van der Waals surface area (Å²) in [4.78, 5) is 20.2. The van der Waals surface area contributed by atoms with Crippen LogP contribution in [-0.4, -0.2) is 35.1 Å². The molecule has 0 aromatic rings. The summed E-state index contributed by atoms with van der Waals surface area (Å²) in [6.07, 6.45) is 0. The Morgan fingerprint density at radius 2 is 1.33 bits per heavy atom. The molecule has 6 heteroatoms. The number of hydrogen-bond donors (Lipinski definition) is 2. The number of carbonyl (C=O) groups is 2. The predicted molar refractivity (Wildman–Crippen MR) is 51.7 cm³/mol. The first kappa shape index (κ1) is 9.73. The largest absolute Gasteiger partial charge is 0.346 e. The van der Waals surface area contributed by atoms with Crippen LogP contribution >= 0.6 is 23.5 Å². The lowest BCUT2D eigenvalue weighted by atomic mass is 10.8. The summed E-state index contributed by atoms with van der Waals surface area (Å²) < 4.78 is 0. The van der Waals surface area contributed by atoms with Gasteiger partial charge in [0.1, 0.15) is 0 Å². The van der Waals surface area contributed by atoms with Gasteiger partial charge in [-0.3, -0.25) is 9.59 Å². The molecular weight excluding hydrogens is 196 g/mol. The molecule has 0 aliphatic carbocycles. The van der Waals surface area contributed by atoms with Gasteiger partial charge in [0.2, 0.25) is 0 Å². The minimum Gasteiger partial charge on any atom is -0.346 e. The van der Waals surface area contributed by atoms with Crippen LogP contribution in [0, 0.1) is 0 Å². The van der Waals surface area contributed by atoms with Gasteiger partial charge in [-0.05, 0) is 0 Å². The normalized spacial score (nSPS) is 21.0. The van der Waals surface area contributed by atoms with Gasteiger partial charge in [-0.25, -0.2) is 0 Å². The molecule has 2 heterocycles. The lowest BCUT2D eigenvalue weighted by molar-refractivity contribution is 0.261. The number of nitrogens with one attached hydrogen (secondary N) is 2. The molecule has 0 spiro atoms. The third-order valence-corrected chi connectivity index (χ3v) is 2.84. The van der Waals surface area contributed by atoms with Crippen molar-refractivity contribution in [2.45, 2.75) is 0 Å². The highest BCUT2D eigenvalue weighted by Crippen LogP contribution is 2.05. The van der Waals surface area contributed by atoms with E-state index in [1.165, 1.54) is 23.5 Å². The van der Waals surface area contributed by atoms with Crippen LogP contribution in [0.5, 0.6) is 0 Å². The molecule has 0 bridgehead atoms. The van der Waals surface area contributed by atoms with Crippen LogP contribution in [0.1, 0.15) is 0 Å². The number of hydrogen-bond acceptors (Lipinski definition) is 4. The van der Waals surface area contributed by atoms with Crippen LogP contribution in [0.15, 0.2) is 0 Å². The van der Waals surface area contributed by atoms with Crippen LogP contribution in [-0.2, 0) is 0 Å². The SMILES string of the molecule is O=C1NCCS1.O=C1NCCS1. The zero-order valence-electron chi connectivity index (χ0n) is 6.46. The minimum absolute atomic E-state index is 0.120. The second-order valence-electron chi connectivity index (χ2n) is 2.13. The molecule has 0 radical (unpaired) electrons. The van der Waals surface area contributed by atoms with Crippen molar-refractivity contribution in [3.8, 4) is 0 Å². The summed E-state index contributed by atoms with van der Waals surface area (Å²) >= 11 is 2.69. The lowest BCUT2D eigenvalue weighted by Gasteiger charge is -1.78. The van der Waals surface area contributed by atoms with Crippen molar-refractivity contribution in [1.82, 2.24) is 10.6 Å². The highest BCUT2D eigenvalue weighted by atomic mass is 32.2. The molecule has 0 aromatic carbocycles. The average Bonchev–Trinajstić information content (AvgIpc) is 2.63. The Morgan fingerprint density at radius 1 is 0.917 bits per heavy atom. The molecule has 2 saturated heterocycles. The van der Waals surface area contributed by atoms with Gasteiger partial charge in [0.15, 0.2) is 0 Å². The first-order valence-electron chi connectivity index (χ1n) is 3.60. The van der Waals surface area contributed by atoms with E-state index in [9.17, 15) is 9.59 Å². The second kappa shape index (κ2) is 5.31. The highest BCUT2D eigenvalue weighted by molar-refractivity contribution is 8.14. The standard InChI is InChI=1S/2C3H5NOS/c2*5-3-4-1-2-6-3/h2*1-2H2,(H,4,5). The molecule has 0 aromatic heterocycles. The lowest BCUT2D eigenvalue weighted by Crippen LogP contribution is -2.10. The fourth-order valence-electron chi connectivity index (χ4n) is 0.696. The molecule has 0 saturated carbocycles. The maximum atomic E-state index is 10.1. The van der Waals surface area contributed by atoms with Gasteiger partial charge in [-0.15, -0.1) is 0 Å². The van der Waals surface area contributed by atoms with Gasteiger partial charge in [0.05, 0.1) is 0 Å². The molecule has 2 amide bonds. The summed E-state index contributed by atoms with van der Waals surface area (Å²) in [5.41, 5.74) is 0. The molecular formula is C6H10N2O2S2. The Balaban J connectivity index is 0.000000120. The summed E-state index contributed by atoms with van der Waals surface area (Å²) in [5, 5.41) is 5.53. The molecule has 0 atom stereocenters. The summed E-state index contributed by atoms with van der Waals surface area (Å²) in [6.45, 7) is 1.70. The van der Waals surface area contributed by atoms with E-state index in [0.29, 0.717) is 0 Å². The fraction of sp³-hybridized carbons (Fsp3) is 0.667. The van der Waals surface area contributed by atoms with Gasteiger partial charge in [0, 0.05) is 24.6 Å². The second-order valence-corrected chi connectivity index (χ2v) is 4.26. The maximum absolute atomic E-state index is 10.1. The van der Waals surface area contributed by atoms with Crippen LogP contribution in [0.3, 0.4) is 0 Å². The van der Waals surface area contributed by atoms with E-state index in [1.54, 1.807) is 0 Å². The van der Waals surface area contributed by atoms with E-state index < -0.39 is 0 Å². The van der Waals surface area contributed by atoms with E-state index >= 15 is 0 Å². The van der Waals surface area contributed by atoms with Crippen molar-refractivity contribution in [3.05, 3.63) is 0 Å². The Labute approximate surface area is 79.2 Å². The van der Waals surface area contributed by atoms with Crippen LogP contribution in [0.2, 0.25) is 0 Å². The molecule has 0 unspecified atom stereocenters. The van der Waals surface area contributed by atoms with Crippen molar-refractivity contribution in [2.75, 3.05) is 24.6 Å². The van der Waals surface area contributed by atoms with Gasteiger partial charge in [0.25, 0.3) is 10.5 Å². The van der Waals surface area contributed by atoms with E-state index in [4.69, 9.17) is 0 Å². The van der Waals surface area contributed by atoms with Crippen LogP contribution in [0.4, 0.5) is 9.59 Å². The Morgan fingerprint density at radius 3 is 1.42 bits per heavy atom. The van der Waals surface area contributed by atoms with Gasteiger partial charge >= 0.3 is 0 Å². The monoisotopic (exact) mass is 206 g/mol. The average molecular weight is 206 g/mol. The van der Waals surface area contributed by atoms with Crippen molar-refractivity contribution >= 4 is 34.0 Å². The quantitative estimate of drug-likeness (QED) is 0.618. The van der Waals surface area contributed by atoms with E-state index in [0.717, 1.165) is 24.6 Å².